The minimum Gasteiger partial charge on any atom is -0.508 e. The number of aromatic hydroxyl groups is 1. The number of amides is 3. The van der Waals surface area contributed by atoms with Crippen LogP contribution in [0.1, 0.15) is 88.2 Å². The van der Waals surface area contributed by atoms with Crippen LogP contribution in [-0.2, 0) is 20.7 Å². The summed E-state index contributed by atoms with van der Waals surface area (Å²) in [6.07, 6.45) is 0.893. The largest absolute Gasteiger partial charge is 0.508 e. The van der Waals surface area contributed by atoms with E-state index in [4.69, 9.17) is 4.74 Å². The fourth-order valence-corrected chi connectivity index (χ4v) is 5.58. The molecule has 0 aliphatic heterocycles. The molecule has 3 aromatic rings. The maximum absolute atomic E-state index is 15.0. The van der Waals surface area contributed by atoms with Crippen molar-refractivity contribution >= 4 is 23.6 Å². The number of para-hydroxylation sites is 1. The van der Waals surface area contributed by atoms with Crippen molar-refractivity contribution in [3.8, 4) is 5.75 Å². The number of nitrogens with one attached hydrogen (secondary N) is 2. The maximum Gasteiger partial charge on any atom is 0.408 e. The van der Waals surface area contributed by atoms with Crippen LogP contribution in [0.5, 0.6) is 5.75 Å². The second-order valence-electron chi connectivity index (χ2n) is 13.6. The number of alkyl carbamates (subject to hydrolysis) is 1. The highest BCUT2D eigenvalue weighted by molar-refractivity contribution is 6.00. The topological polar surface area (TPSA) is 108 Å². The molecule has 0 radical (unpaired) electrons. The third-order valence-electron chi connectivity index (χ3n) is 8.00. The van der Waals surface area contributed by atoms with Gasteiger partial charge in [0.1, 0.15) is 23.4 Å². The van der Waals surface area contributed by atoms with Gasteiger partial charge < -0.3 is 25.4 Å². The summed E-state index contributed by atoms with van der Waals surface area (Å²) >= 11 is 0. The lowest BCUT2D eigenvalue weighted by atomic mass is 9.91. The lowest BCUT2D eigenvalue weighted by molar-refractivity contribution is -0.143. The predicted octanol–water partition coefficient (Wildman–Crippen LogP) is 7.79. The zero-order valence-electron chi connectivity index (χ0n) is 28.8. The Morgan fingerprint density at radius 3 is 1.98 bits per heavy atom. The Morgan fingerprint density at radius 1 is 0.826 bits per heavy atom. The Balaban J connectivity index is 2.20. The van der Waals surface area contributed by atoms with Crippen molar-refractivity contribution in [2.24, 2.45) is 5.92 Å². The monoisotopic (exact) mass is 629 g/mol. The fraction of sp³-hybridized carbons (Fsp3) is 0.447. The molecule has 46 heavy (non-hydrogen) atoms. The molecule has 0 saturated carbocycles. The predicted molar refractivity (Wildman–Crippen MR) is 184 cm³/mol. The molecule has 0 saturated heterocycles. The van der Waals surface area contributed by atoms with Crippen molar-refractivity contribution in [2.75, 3.05) is 5.32 Å². The SMILES string of the molecule is Cc1ccccc1NC(=O)C(c1c(C)cccc1C)N(C(=O)C(Cc1ccc(O)cc1)NC(=O)OC(C)(C)C)C(C)CCC(C)C. The molecule has 0 aliphatic rings. The Kier molecular flexibility index (Phi) is 12.4. The van der Waals surface area contributed by atoms with Gasteiger partial charge in [-0.05, 0) is 113 Å². The highest BCUT2D eigenvalue weighted by Gasteiger charge is 2.40. The second-order valence-corrected chi connectivity index (χ2v) is 13.6. The van der Waals surface area contributed by atoms with Crippen LogP contribution in [0.25, 0.3) is 0 Å². The van der Waals surface area contributed by atoms with Gasteiger partial charge in [0.15, 0.2) is 0 Å². The molecule has 0 spiro atoms. The summed E-state index contributed by atoms with van der Waals surface area (Å²) < 4.78 is 5.58. The Bertz CT molecular complexity index is 1470. The highest BCUT2D eigenvalue weighted by Crippen LogP contribution is 2.33. The van der Waals surface area contributed by atoms with Gasteiger partial charge in [0, 0.05) is 18.2 Å². The van der Waals surface area contributed by atoms with Crippen LogP contribution in [0.4, 0.5) is 10.5 Å². The molecule has 3 rings (SSSR count). The highest BCUT2D eigenvalue weighted by atomic mass is 16.6. The number of phenols is 1. The van der Waals surface area contributed by atoms with E-state index in [1.54, 1.807) is 49.9 Å². The van der Waals surface area contributed by atoms with Crippen molar-refractivity contribution in [1.29, 1.82) is 0 Å². The third-order valence-corrected chi connectivity index (χ3v) is 8.00. The molecular weight excluding hydrogens is 578 g/mol. The molecule has 0 aliphatic carbocycles. The van der Waals surface area contributed by atoms with E-state index in [1.165, 1.54) is 0 Å². The Morgan fingerprint density at radius 2 is 1.41 bits per heavy atom. The van der Waals surface area contributed by atoms with Crippen LogP contribution in [0.15, 0.2) is 66.7 Å². The molecule has 8 nitrogen and oxygen atoms in total. The number of nitrogens with zero attached hydrogens (tertiary/aromatic N) is 1. The third kappa shape index (κ3) is 10.1. The van der Waals surface area contributed by atoms with Gasteiger partial charge in [0.2, 0.25) is 5.91 Å². The summed E-state index contributed by atoms with van der Waals surface area (Å²) in [5.74, 6) is -0.259. The Labute approximate surface area is 274 Å². The molecule has 3 amide bonds. The van der Waals surface area contributed by atoms with Crippen molar-refractivity contribution < 1.29 is 24.2 Å². The number of rotatable bonds is 12. The van der Waals surface area contributed by atoms with Gasteiger partial charge in [-0.25, -0.2) is 4.79 Å². The normalized spacial score (nSPS) is 13.4. The van der Waals surface area contributed by atoms with Gasteiger partial charge in [0.05, 0.1) is 0 Å². The van der Waals surface area contributed by atoms with Gasteiger partial charge in [-0.3, -0.25) is 9.59 Å². The number of phenolic OH excluding ortho intramolecular Hbond substituents is 1. The van der Waals surface area contributed by atoms with Crippen molar-refractivity contribution in [1.82, 2.24) is 10.2 Å². The van der Waals surface area contributed by atoms with Gasteiger partial charge >= 0.3 is 6.09 Å². The van der Waals surface area contributed by atoms with Crippen LogP contribution < -0.4 is 10.6 Å². The maximum atomic E-state index is 15.0. The molecule has 0 heterocycles. The first-order valence-electron chi connectivity index (χ1n) is 16.1. The molecular formula is C38H51N3O5. The minimum atomic E-state index is -1.06. The van der Waals surface area contributed by atoms with Crippen molar-refractivity contribution in [2.45, 2.75) is 105 Å². The number of aryl methyl sites for hydroxylation is 3. The van der Waals surface area contributed by atoms with Gasteiger partial charge in [0.25, 0.3) is 5.91 Å². The van der Waals surface area contributed by atoms with Crippen LogP contribution in [-0.4, -0.2) is 45.6 Å². The van der Waals surface area contributed by atoms with Gasteiger partial charge in [-0.2, -0.15) is 0 Å². The summed E-state index contributed by atoms with van der Waals surface area (Å²) in [5, 5.41) is 15.8. The number of hydrogen-bond donors (Lipinski definition) is 3. The first-order valence-corrected chi connectivity index (χ1v) is 16.1. The first kappa shape index (κ1) is 36.1. The quantitative estimate of drug-likeness (QED) is 0.190. The van der Waals surface area contributed by atoms with Crippen LogP contribution in [0.3, 0.4) is 0 Å². The van der Waals surface area contributed by atoms with Crippen molar-refractivity contribution in [3.63, 3.8) is 0 Å². The molecule has 3 atom stereocenters. The van der Waals surface area contributed by atoms with E-state index >= 15 is 0 Å². The van der Waals surface area contributed by atoms with Crippen LogP contribution in [0.2, 0.25) is 0 Å². The molecule has 3 aromatic carbocycles. The lowest BCUT2D eigenvalue weighted by Gasteiger charge is -2.40. The zero-order valence-corrected chi connectivity index (χ0v) is 28.8. The molecule has 8 heteroatoms. The number of carbonyl (C=O) groups is 3. The van der Waals surface area contributed by atoms with E-state index in [0.717, 1.165) is 34.2 Å². The van der Waals surface area contributed by atoms with E-state index in [9.17, 15) is 19.5 Å². The van der Waals surface area contributed by atoms with Crippen molar-refractivity contribution in [3.05, 3.63) is 94.5 Å². The number of hydrogen-bond acceptors (Lipinski definition) is 5. The molecule has 0 bridgehead atoms. The Hall–Kier alpha value is -4.33. The molecule has 0 aromatic heterocycles. The van der Waals surface area contributed by atoms with E-state index in [-0.39, 0.29) is 24.1 Å². The van der Waals surface area contributed by atoms with Gasteiger partial charge in [-0.15, -0.1) is 0 Å². The number of carbonyl (C=O) groups excluding carboxylic acids is 3. The smallest absolute Gasteiger partial charge is 0.408 e. The average Bonchev–Trinajstić information content (AvgIpc) is 2.96. The summed E-state index contributed by atoms with van der Waals surface area (Å²) in [6.45, 7) is 17.3. The summed E-state index contributed by atoms with van der Waals surface area (Å²) in [7, 11) is 0. The van der Waals surface area contributed by atoms with E-state index in [0.29, 0.717) is 18.0 Å². The molecule has 3 unspecified atom stereocenters. The number of anilines is 1. The molecule has 3 N–H and O–H groups in total. The van der Waals surface area contributed by atoms with Crippen LogP contribution in [0, 0.1) is 26.7 Å². The number of benzene rings is 3. The minimum absolute atomic E-state index is 0.0960. The van der Waals surface area contributed by atoms with E-state index in [1.807, 2.05) is 70.2 Å². The molecule has 248 valence electrons. The standard InChI is InChI=1S/C38H51N3O5/c1-24(2)17-18-28(6)41(36(44)32(40-37(45)46-38(7,8)9)23-29-19-21-30(42)22-20-29)34(33-26(4)14-12-15-27(33)5)35(43)39-31-16-11-10-13-25(31)3/h10-16,19-22,24,28,32,34,42H,17-18,23H2,1-9H3,(H,39,43)(H,40,45). The van der Waals surface area contributed by atoms with E-state index < -0.39 is 29.7 Å². The fourth-order valence-electron chi connectivity index (χ4n) is 5.58. The molecule has 0 fully saturated rings. The first-order chi connectivity index (χ1) is 21.6. The zero-order chi connectivity index (χ0) is 34.2. The summed E-state index contributed by atoms with van der Waals surface area (Å²) in [4.78, 5) is 44.4. The lowest BCUT2D eigenvalue weighted by Crippen LogP contribution is -2.56. The second kappa shape index (κ2) is 15.8. The van der Waals surface area contributed by atoms with E-state index in [2.05, 4.69) is 24.5 Å². The average molecular weight is 630 g/mol. The summed E-state index contributed by atoms with van der Waals surface area (Å²) in [6, 6.07) is 17.5. The van der Waals surface area contributed by atoms with Gasteiger partial charge in [-0.1, -0.05) is 62.4 Å². The summed E-state index contributed by atoms with van der Waals surface area (Å²) in [5.41, 5.74) is 4.03. The number of ether oxygens (including phenoxy) is 1. The van der Waals surface area contributed by atoms with Crippen LogP contribution >= 0.6 is 0 Å².